The van der Waals surface area contributed by atoms with Gasteiger partial charge in [-0.3, -0.25) is 0 Å². The highest BCUT2D eigenvalue weighted by atomic mass is 35.5. The molecule has 0 saturated heterocycles. The summed E-state index contributed by atoms with van der Waals surface area (Å²) in [5, 5.41) is 5.57. The minimum absolute atomic E-state index is 0.618. The molecule has 0 aromatic heterocycles. The Hall–Kier alpha value is 0.110. The number of benzene rings is 1. The van der Waals surface area contributed by atoms with Crippen molar-refractivity contribution in [2.75, 3.05) is 6.54 Å². The lowest BCUT2D eigenvalue weighted by Gasteiger charge is -2.25. The highest BCUT2D eigenvalue weighted by molar-refractivity contribution is 8.00. The second kappa shape index (κ2) is 7.78. The van der Waals surface area contributed by atoms with E-state index in [4.69, 9.17) is 23.2 Å². The Morgan fingerprint density at radius 1 is 1.16 bits per heavy atom. The normalized spacial score (nSPS) is 24.2. The SMILES string of the molecule is CCNC1CCCCCC1Sc1ccc(Cl)c(Cl)c1. The smallest absolute Gasteiger partial charge is 0.0603 e. The lowest BCUT2D eigenvalue weighted by atomic mass is 10.1. The number of halogens is 2. The van der Waals surface area contributed by atoms with Crippen LogP contribution in [0, 0.1) is 0 Å². The maximum atomic E-state index is 6.10. The van der Waals surface area contributed by atoms with Crippen molar-refractivity contribution in [1.29, 1.82) is 0 Å². The fourth-order valence-electron chi connectivity index (χ4n) is 2.64. The van der Waals surface area contributed by atoms with Crippen LogP contribution >= 0.6 is 35.0 Å². The summed E-state index contributed by atoms with van der Waals surface area (Å²) in [4.78, 5) is 1.23. The minimum Gasteiger partial charge on any atom is -0.313 e. The Bertz CT molecular complexity index is 411. The van der Waals surface area contributed by atoms with Gasteiger partial charge in [0, 0.05) is 16.2 Å². The average molecular weight is 318 g/mol. The van der Waals surface area contributed by atoms with E-state index >= 15 is 0 Å². The molecule has 1 aliphatic rings. The van der Waals surface area contributed by atoms with E-state index in [-0.39, 0.29) is 0 Å². The molecule has 0 heterocycles. The average Bonchev–Trinajstić information content (AvgIpc) is 2.61. The molecule has 19 heavy (non-hydrogen) atoms. The van der Waals surface area contributed by atoms with Crippen LogP contribution in [0.5, 0.6) is 0 Å². The van der Waals surface area contributed by atoms with Crippen molar-refractivity contribution in [2.24, 2.45) is 0 Å². The highest BCUT2D eigenvalue weighted by Crippen LogP contribution is 2.35. The largest absolute Gasteiger partial charge is 0.313 e. The Morgan fingerprint density at radius 2 is 1.95 bits per heavy atom. The van der Waals surface area contributed by atoms with Crippen LogP contribution in [-0.4, -0.2) is 17.8 Å². The zero-order valence-electron chi connectivity index (χ0n) is 11.3. The van der Waals surface area contributed by atoms with Gasteiger partial charge in [0.1, 0.15) is 0 Å². The maximum absolute atomic E-state index is 6.10. The molecule has 0 aliphatic heterocycles. The Balaban J connectivity index is 2.06. The van der Waals surface area contributed by atoms with E-state index < -0.39 is 0 Å². The van der Waals surface area contributed by atoms with Gasteiger partial charge < -0.3 is 5.32 Å². The van der Waals surface area contributed by atoms with Crippen LogP contribution < -0.4 is 5.32 Å². The van der Waals surface area contributed by atoms with E-state index in [1.165, 1.54) is 37.0 Å². The van der Waals surface area contributed by atoms with Gasteiger partial charge >= 0.3 is 0 Å². The molecule has 1 aromatic rings. The summed E-state index contributed by atoms with van der Waals surface area (Å²) in [6, 6.07) is 6.58. The van der Waals surface area contributed by atoms with Crippen LogP contribution in [0.1, 0.15) is 39.0 Å². The van der Waals surface area contributed by atoms with Crippen LogP contribution in [0.15, 0.2) is 23.1 Å². The van der Waals surface area contributed by atoms with Crippen LogP contribution in [0.25, 0.3) is 0 Å². The molecule has 0 spiro atoms. The molecule has 1 nitrogen and oxygen atoms in total. The van der Waals surface area contributed by atoms with E-state index in [1.807, 2.05) is 23.9 Å². The summed E-state index contributed by atoms with van der Waals surface area (Å²) in [7, 11) is 0. The molecule has 1 aliphatic carbocycles. The van der Waals surface area contributed by atoms with Gasteiger partial charge in [-0.25, -0.2) is 0 Å². The van der Waals surface area contributed by atoms with Crippen molar-refractivity contribution in [3.63, 3.8) is 0 Å². The second-order valence-corrected chi connectivity index (χ2v) is 7.16. The van der Waals surface area contributed by atoms with Gasteiger partial charge in [0.05, 0.1) is 10.0 Å². The molecule has 2 unspecified atom stereocenters. The predicted molar refractivity (Wildman–Crippen MR) is 86.7 cm³/mol. The molecular weight excluding hydrogens is 297 g/mol. The number of nitrogens with one attached hydrogen (secondary N) is 1. The molecule has 2 atom stereocenters. The van der Waals surface area contributed by atoms with Gasteiger partial charge in [-0.2, -0.15) is 0 Å². The first-order valence-electron chi connectivity index (χ1n) is 7.05. The quantitative estimate of drug-likeness (QED) is 0.746. The molecule has 1 aromatic carbocycles. The number of rotatable bonds is 4. The molecule has 4 heteroatoms. The zero-order chi connectivity index (χ0) is 13.7. The summed E-state index contributed by atoms with van der Waals surface area (Å²) in [6.45, 7) is 3.23. The van der Waals surface area contributed by atoms with E-state index in [0.717, 1.165) is 6.54 Å². The fourth-order valence-corrected chi connectivity index (χ4v) is 4.36. The summed E-state index contributed by atoms with van der Waals surface area (Å²) in [5.41, 5.74) is 0. The van der Waals surface area contributed by atoms with Gasteiger partial charge in [-0.05, 0) is 37.6 Å². The number of hydrogen-bond donors (Lipinski definition) is 1. The van der Waals surface area contributed by atoms with Crippen molar-refractivity contribution in [3.05, 3.63) is 28.2 Å². The van der Waals surface area contributed by atoms with E-state index in [2.05, 4.69) is 18.3 Å². The molecular formula is C15H21Cl2NS. The number of thioether (sulfide) groups is 1. The first-order chi connectivity index (χ1) is 9.20. The summed E-state index contributed by atoms with van der Waals surface area (Å²) < 4.78 is 0. The summed E-state index contributed by atoms with van der Waals surface area (Å²) >= 11 is 14.0. The molecule has 106 valence electrons. The Labute approximate surface area is 130 Å². The van der Waals surface area contributed by atoms with Crippen LogP contribution in [-0.2, 0) is 0 Å². The Kier molecular flexibility index (Phi) is 6.34. The van der Waals surface area contributed by atoms with Crippen molar-refractivity contribution in [3.8, 4) is 0 Å². The lowest BCUT2D eigenvalue weighted by molar-refractivity contribution is 0.482. The zero-order valence-corrected chi connectivity index (χ0v) is 13.6. The van der Waals surface area contributed by atoms with Crippen molar-refractivity contribution >= 4 is 35.0 Å². The molecule has 2 rings (SSSR count). The minimum atomic E-state index is 0.618. The topological polar surface area (TPSA) is 12.0 Å². The monoisotopic (exact) mass is 317 g/mol. The number of hydrogen-bond acceptors (Lipinski definition) is 2. The van der Waals surface area contributed by atoms with Gasteiger partial charge in [0.15, 0.2) is 0 Å². The maximum Gasteiger partial charge on any atom is 0.0603 e. The van der Waals surface area contributed by atoms with Crippen LogP contribution in [0.4, 0.5) is 0 Å². The highest BCUT2D eigenvalue weighted by Gasteiger charge is 2.23. The van der Waals surface area contributed by atoms with E-state index in [1.54, 1.807) is 0 Å². The predicted octanol–water partition coefficient (Wildman–Crippen LogP) is 5.40. The van der Waals surface area contributed by atoms with Gasteiger partial charge in [-0.15, -0.1) is 11.8 Å². The third-order valence-electron chi connectivity index (χ3n) is 3.60. The van der Waals surface area contributed by atoms with Crippen LogP contribution in [0.2, 0.25) is 10.0 Å². The molecule has 0 radical (unpaired) electrons. The van der Waals surface area contributed by atoms with Gasteiger partial charge in [0.25, 0.3) is 0 Å². The van der Waals surface area contributed by atoms with E-state index in [0.29, 0.717) is 21.3 Å². The molecule has 1 saturated carbocycles. The molecule has 0 bridgehead atoms. The lowest BCUT2D eigenvalue weighted by Crippen LogP contribution is -2.37. The molecule has 1 N–H and O–H groups in total. The van der Waals surface area contributed by atoms with Crippen LogP contribution in [0.3, 0.4) is 0 Å². The molecule has 0 amide bonds. The molecule has 1 fully saturated rings. The fraction of sp³-hybridized carbons (Fsp3) is 0.600. The summed E-state index contributed by atoms with van der Waals surface area (Å²) in [5.74, 6) is 0. The standard InChI is InChI=1S/C15H21Cl2NS/c1-2-18-14-6-4-3-5-7-15(14)19-11-8-9-12(16)13(17)10-11/h8-10,14-15,18H,2-7H2,1H3. The van der Waals surface area contributed by atoms with E-state index in [9.17, 15) is 0 Å². The third kappa shape index (κ3) is 4.56. The first kappa shape index (κ1) is 15.5. The van der Waals surface area contributed by atoms with Crippen molar-refractivity contribution in [1.82, 2.24) is 5.32 Å². The van der Waals surface area contributed by atoms with Crippen molar-refractivity contribution < 1.29 is 0 Å². The first-order valence-corrected chi connectivity index (χ1v) is 8.69. The second-order valence-electron chi connectivity index (χ2n) is 5.03. The van der Waals surface area contributed by atoms with Gasteiger partial charge in [0.2, 0.25) is 0 Å². The van der Waals surface area contributed by atoms with Crippen molar-refractivity contribution in [2.45, 2.75) is 55.2 Å². The summed E-state index contributed by atoms with van der Waals surface area (Å²) in [6.07, 6.45) is 6.60. The van der Waals surface area contributed by atoms with Gasteiger partial charge in [-0.1, -0.05) is 49.4 Å². The third-order valence-corrected chi connectivity index (χ3v) is 5.73. The Morgan fingerprint density at radius 3 is 2.68 bits per heavy atom.